The second-order valence-electron chi connectivity index (χ2n) is 26.7. The van der Waals surface area contributed by atoms with Crippen LogP contribution < -0.4 is 5.32 Å². The lowest BCUT2D eigenvalue weighted by Crippen LogP contribution is -2.65. The monoisotopic (exact) mass is 1380 g/mol. The summed E-state index contributed by atoms with van der Waals surface area (Å²) in [6.07, 6.45) is 85.9. The number of amides is 1. The summed E-state index contributed by atoms with van der Waals surface area (Å²) in [5.74, 6) is -0.273. The van der Waals surface area contributed by atoms with Crippen LogP contribution in [0, 0.1) is 0 Å². The molecular formula is C85H141NO13. The fourth-order valence-electron chi connectivity index (χ4n) is 11.8. The highest BCUT2D eigenvalue weighted by Gasteiger charge is 2.51. The number of rotatable bonds is 63. The molecule has 2 heterocycles. The molecule has 2 rings (SSSR count). The highest BCUT2D eigenvalue weighted by Crippen LogP contribution is 2.30. The summed E-state index contributed by atoms with van der Waals surface area (Å²) in [6, 6.07) is -0.961. The third kappa shape index (κ3) is 49.8. The molecule has 2 aliphatic heterocycles. The number of unbranched alkanes of at least 4 members (excludes halogenated alkanes) is 26. The van der Waals surface area contributed by atoms with E-state index in [-0.39, 0.29) is 18.9 Å². The minimum atomic E-state index is -1.80. The molecule has 99 heavy (non-hydrogen) atoms. The van der Waals surface area contributed by atoms with Crippen molar-refractivity contribution in [3.8, 4) is 0 Å². The molecule has 0 bridgehead atoms. The first kappa shape index (κ1) is 90.7. The zero-order valence-electron chi connectivity index (χ0n) is 61.7. The van der Waals surface area contributed by atoms with Crippen molar-refractivity contribution in [3.63, 3.8) is 0 Å². The lowest BCUT2D eigenvalue weighted by atomic mass is 9.97. The van der Waals surface area contributed by atoms with Gasteiger partial charge in [0.25, 0.3) is 0 Å². The number of hydrogen-bond acceptors (Lipinski definition) is 13. The van der Waals surface area contributed by atoms with Gasteiger partial charge in [-0.05, 0) is 122 Å². The van der Waals surface area contributed by atoms with Crippen molar-refractivity contribution < 1.29 is 64.6 Å². The Morgan fingerprint density at radius 2 is 0.707 bits per heavy atom. The quantitative estimate of drug-likeness (QED) is 0.0204. The van der Waals surface area contributed by atoms with Gasteiger partial charge in [0.1, 0.15) is 48.8 Å². The molecule has 2 aliphatic rings. The van der Waals surface area contributed by atoms with Gasteiger partial charge in [0.2, 0.25) is 5.91 Å². The van der Waals surface area contributed by atoms with E-state index in [4.69, 9.17) is 18.9 Å². The Morgan fingerprint density at radius 1 is 0.374 bits per heavy atom. The molecule has 564 valence electrons. The molecule has 0 aromatic heterocycles. The maximum Gasteiger partial charge on any atom is 0.220 e. The van der Waals surface area contributed by atoms with E-state index in [1.807, 2.05) is 6.08 Å². The van der Waals surface area contributed by atoms with Crippen LogP contribution in [0.25, 0.3) is 0 Å². The summed E-state index contributed by atoms with van der Waals surface area (Å²) in [6.45, 7) is 2.66. The normalized spacial score (nSPS) is 22.8. The van der Waals surface area contributed by atoms with Crippen LogP contribution in [0.1, 0.15) is 277 Å². The van der Waals surface area contributed by atoms with Crippen LogP contribution in [0.3, 0.4) is 0 Å². The van der Waals surface area contributed by atoms with Crippen molar-refractivity contribution >= 4 is 5.91 Å². The standard InChI is InChI=1S/C85H141NO13/c1-3-5-7-9-11-13-15-17-19-21-23-25-27-29-31-33-34-35-36-37-38-39-40-41-43-45-47-49-51-53-55-57-59-61-63-65-67-69-77(90)86-73(72-96-84-82(95)80(93)83(76(71-88)98-84)99-85-81(94)79(92)78(91)75(70-87)97-85)74(89)68-66-64-62-60-58-56-54-52-50-48-46-44-42-32-30-28-26-24-22-20-18-16-14-12-10-8-6-4-2/h5,7,11,13,17,19,23,25,29,31,34-35,37-38,40-41,45,47,50-53,58,60,66,68,73-76,78-85,87-89,91-95H,3-4,6,8-10,12,14-16,18,20-22,24,26-28,30,32-33,36,39,42-44,46,48-49,54-57,59,61-65,67,69-72H2,1-2H3,(H,86,90)/b7-5-,13-11-,19-17-,25-23-,31-29-,35-34-,38-37-,41-40-,47-45-,52-50+,53-51-,60-58+,68-66+. The number of allylic oxidation sites excluding steroid dienone is 25. The number of hydrogen-bond donors (Lipinski definition) is 9. The van der Waals surface area contributed by atoms with Crippen LogP contribution >= 0.6 is 0 Å². The van der Waals surface area contributed by atoms with Gasteiger partial charge in [-0.15, -0.1) is 0 Å². The topological polar surface area (TPSA) is 228 Å². The van der Waals surface area contributed by atoms with Crippen molar-refractivity contribution in [3.05, 3.63) is 158 Å². The molecular weight excluding hydrogens is 1240 g/mol. The number of ether oxygens (including phenoxy) is 4. The Hall–Kier alpha value is -4.39. The number of carbonyl (C=O) groups is 1. The van der Waals surface area contributed by atoms with Crippen LogP contribution in [-0.4, -0.2) is 140 Å². The Bertz CT molecular complexity index is 2280. The molecule has 0 aliphatic carbocycles. The molecule has 0 saturated carbocycles. The fraction of sp³-hybridized carbons (Fsp3) is 0.682. The van der Waals surface area contributed by atoms with E-state index in [1.165, 1.54) is 116 Å². The zero-order chi connectivity index (χ0) is 71.5. The van der Waals surface area contributed by atoms with Gasteiger partial charge in [0.05, 0.1) is 32.0 Å². The van der Waals surface area contributed by atoms with E-state index in [9.17, 15) is 45.6 Å². The molecule has 9 N–H and O–H groups in total. The third-order valence-corrected chi connectivity index (χ3v) is 17.9. The summed E-state index contributed by atoms with van der Waals surface area (Å²) >= 11 is 0. The van der Waals surface area contributed by atoms with E-state index in [0.717, 1.165) is 128 Å². The van der Waals surface area contributed by atoms with Crippen molar-refractivity contribution in [2.75, 3.05) is 19.8 Å². The maximum absolute atomic E-state index is 13.4. The highest BCUT2D eigenvalue weighted by molar-refractivity contribution is 5.76. The number of aliphatic hydroxyl groups is 8. The number of carbonyl (C=O) groups excluding carboxylic acids is 1. The molecule has 0 spiro atoms. The fourth-order valence-corrected chi connectivity index (χ4v) is 11.8. The summed E-state index contributed by atoms with van der Waals surface area (Å²) in [4.78, 5) is 13.4. The smallest absolute Gasteiger partial charge is 0.220 e. The van der Waals surface area contributed by atoms with Gasteiger partial charge in [-0.25, -0.2) is 0 Å². The van der Waals surface area contributed by atoms with Gasteiger partial charge in [-0.3, -0.25) is 4.79 Å². The van der Waals surface area contributed by atoms with E-state index < -0.39 is 86.8 Å². The first-order valence-electron chi connectivity index (χ1n) is 39.2. The summed E-state index contributed by atoms with van der Waals surface area (Å²) in [7, 11) is 0. The molecule has 14 heteroatoms. The Labute approximate surface area is 601 Å². The Kier molecular flexibility index (Phi) is 61.2. The molecule has 1 amide bonds. The number of aliphatic hydroxyl groups excluding tert-OH is 8. The second kappa shape index (κ2) is 66.8. The summed E-state index contributed by atoms with van der Waals surface area (Å²) in [5, 5.41) is 87.6. The van der Waals surface area contributed by atoms with E-state index in [0.29, 0.717) is 12.8 Å². The lowest BCUT2D eigenvalue weighted by molar-refractivity contribution is -0.359. The van der Waals surface area contributed by atoms with Crippen molar-refractivity contribution in [1.29, 1.82) is 0 Å². The van der Waals surface area contributed by atoms with E-state index >= 15 is 0 Å². The van der Waals surface area contributed by atoms with Gasteiger partial charge in [0, 0.05) is 6.42 Å². The minimum Gasteiger partial charge on any atom is -0.394 e. The molecule has 2 fully saturated rings. The maximum atomic E-state index is 13.4. The second-order valence-corrected chi connectivity index (χ2v) is 26.7. The van der Waals surface area contributed by atoms with Crippen LogP contribution in [-0.2, 0) is 23.7 Å². The van der Waals surface area contributed by atoms with Gasteiger partial charge in [0.15, 0.2) is 12.6 Å². The van der Waals surface area contributed by atoms with Crippen LogP contribution in [0.15, 0.2) is 158 Å². The van der Waals surface area contributed by atoms with Crippen molar-refractivity contribution in [2.24, 2.45) is 0 Å². The molecule has 12 unspecified atom stereocenters. The van der Waals surface area contributed by atoms with Gasteiger partial charge in [-0.1, -0.05) is 307 Å². The summed E-state index contributed by atoms with van der Waals surface area (Å²) in [5.41, 5.74) is 0. The molecule has 12 atom stereocenters. The Morgan fingerprint density at radius 3 is 1.11 bits per heavy atom. The molecule has 0 radical (unpaired) electrons. The zero-order valence-corrected chi connectivity index (χ0v) is 61.7. The largest absolute Gasteiger partial charge is 0.394 e. The van der Waals surface area contributed by atoms with Crippen LogP contribution in [0.5, 0.6) is 0 Å². The SMILES string of the molecule is CC/C=C\C/C=C\C/C=C\C/C=C\C/C=C\C/C=C\C/C=C\C/C=C\C/C=C\C/C=C\CCCCCCCCC(=O)NC(COC1OC(CO)C(OC2OC(CO)C(O)C(O)C2O)C(O)C1O)C(O)/C=C/CC/C=C/CC/C=C/CCCCCCCCCCCCCCCCCCCC. The lowest BCUT2D eigenvalue weighted by Gasteiger charge is -2.46. The van der Waals surface area contributed by atoms with E-state index in [1.54, 1.807) is 6.08 Å². The van der Waals surface area contributed by atoms with Crippen LogP contribution in [0.2, 0.25) is 0 Å². The van der Waals surface area contributed by atoms with Gasteiger partial charge in [-0.2, -0.15) is 0 Å². The van der Waals surface area contributed by atoms with Crippen molar-refractivity contribution in [1.82, 2.24) is 5.32 Å². The molecule has 14 nitrogen and oxygen atoms in total. The predicted molar refractivity (Wildman–Crippen MR) is 410 cm³/mol. The highest BCUT2D eigenvalue weighted by atomic mass is 16.7. The average Bonchev–Trinajstić information content (AvgIpc) is 0.793. The van der Waals surface area contributed by atoms with Gasteiger partial charge < -0.3 is 65.1 Å². The molecule has 0 aromatic rings. The Balaban J connectivity index is 1.68. The van der Waals surface area contributed by atoms with E-state index in [2.05, 4.69) is 165 Å². The molecule has 2 saturated heterocycles. The summed E-state index contributed by atoms with van der Waals surface area (Å²) < 4.78 is 22.9. The third-order valence-electron chi connectivity index (χ3n) is 17.9. The van der Waals surface area contributed by atoms with Crippen LogP contribution in [0.4, 0.5) is 0 Å². The van der Waals surface area contributed by atoms with Crippen molar-refractivity contribution in [2.45, 2.75) is 351 Å². The molecule has 0 aromatic carbocycles. The average molecular weight is 1390 g/mol. The van der Waals surface area contributed by atoms with Gasteiger partial charge >= 0.3 is 0 Å². The minimum absolute atomic E-state index is 0.242. The first-order chi connectivity index (χ1) is 48.6. The first-order valence-corrected chi connectivity index (χ1v) is 39.2. The number of nitrogens with one attached hydrogen (secondary N) is 1. The predicted octanol–water partition coefficient (Wildman–Crippen LogP) is 17.7.